The maximum Gasteiger partial charge on any atom is 0.356 e. The van der Waals surface area contributed by atoms with Crippen molar-refractivity contribution < 1.29 is 23.7 Å². The first-order valence-electron chi connectivity index (χ1n) is 12.7. The number of carbonyl (C=O) groups is 2. The van der Waals surface area contributed by atoms with E-state index in [0.717, 1.165) is 9.80 Å². The van der Waals surface area contributed by atoms with Gasteiger partial charge in [0.15, 0.2) is 8.32 Å². The molecule has 3 atom stereocenters. The lowest BCUT2D eigenvalue weighted by molar-refractivity contribution is -0.384. The summed E-state index contributed by atoms with van der Waals surface area (Å²) in [5.41, 5.74) is 0.876. The Kier molecular flexibility index (Phi) is 7.88. The summed E-state index contributed by atoms with van der Waals surface area (Å²) in [4.78, 5) is 40.6. The van der Waals surface area contributed by atoms with Crippen molar-refractivity contribution in [2.24, 2.45) is 5.92 Å². The zero-order valence-corrected chi connectivity index (χ0v) is 24.4. The molecule has 2 aromatic carbocycles. The number of thioether (sulfide) groups is 1. The third-order valence-electron chi connectivity index (χ3n) is 7.66. The fourth-order valence-corrected chi connectivity index (χ4v) is 7.11. The number of nitrogens with zero attached hydrogens (tertiary/aromatic N) is 2. The normalized spacial score (nSPS) is 20.2. The SMILES string of the molecule is C[C@@H](O[Si](C)(C)C(C)(C)C)[C@H]1C(=O)N2C(C(=O)OCc3ccc([N+](=O)[O-])cc3)=C(Sc3ccccc3)C[C@H]12. The van der Waals surface area contributed by atoms with Crippen LogP contribution in [0.3, 0.4) is 0 Å². The van der Waals surface area contributed by atoms with Gasteiger partial charge in [0.1, 0.15) is 12.3 Å². The minimum Gasteiger partial charge on any atom is -0.456 e. The zero-order valence-electron chi connectivity index (χ0n) is 22.6. The predicted molar refractivity (Wildman–Crippen MR) is 149 cm³/mol. The highest BCUT2D eigenvalue weighted by Gasteiger charge is 2.58. The Balaban J connectivity index is 1.53. The minimum absolute atomic E-state index is 0.0167. The molecule has 8 nitrogen and oxygen atoms in total. The van der Waals surface area contributed by atoms with Gasteiger partial charge in [-0.2, -0.15) is 0 Å². The number of amides is 1. The van der Waals surface area contributed by atoms with Crippen molar-refractivity contribution in [3.63, 3.8) is 0 Å². The lowest BCUT2D eigenvalue weighted by Crippen LogP contribution is -2.63. The third-order valence-corrected chi connectivity index (χ3v) is 13.3. The molecule has 2 heterocycles. The summed E-state index contributed by atoms with van der Waals surface area (Å²) in [6, 6.07) is 15.4. The highest BCUT2D eigenvalue weighted by Crippen LogP contribution is 2.50. The number of carbonyl (C=O) groups excluding carboxylic acids is 2. The number of β-lactam (4-membered cyclic amide) rings is 1. The van der Waals surface area contributed by atoms with Crippen molar-refractivity contribution in [2.75, 3.05) is 0 Å². The van der Waals surface area contributed by atoms with E-state index in [9.17, 15) is 19.7 Å². The molecule has 0 N–H and O–H groups in total. The summed E-state index contributed by atoms with van der Waals surface area (Å²) in [5.74, 6) is -1.02. The van der Waals surface area contributed by atoms with E-state index in [-0.39, 0.29) is 47.0 Å². The molecule has 0 bridgehead atoms. The highest BCUT2D eigenvalue weighted by atomic mass is 32.2. The van der Waals surface area contributed by atoms with Crippen LogP contribution in [0, 0.1) is 16.0 Å². The zero-order chi connectivity index (χ0) is 27.8. The quantitative estimate of drug-likeness (QED) is 0.118. The van der Waals surface area contributed by atoms with E-state index in [0.29, 0.717) is 12.0 Å². The molecule has 2 aliphatic rings. The van der Waals surface area contributed by atoms with E-state index < -0.39 is 19.2 Å². The van der Waals surface area contributed by atoms with Crippen molar-refractivity contribution in [3.05, 3.63) is 80.9 Å². The predicted octanol–water partition coefficient (Wildman–Crippen LogP) is 6.28. The Morgan fingerprint density at radius 1 is 1.16 bits per heavy atom. The molecule has 38 heavy (non-hydrogen) atoms. The first-order valence-corrected chi connectivity index (χ1v) is 16.4. The van der Waals surface area contributed by atoms with E-state index in [1.807, 2.05) is 37.3 Å². The molecular weight excluding hydrogens is 520 g/mol. The number of esters is 1. The van der Waals surface area contributed by atoms with Crippen LogP contribution in [0.1, 0.15) is 39.7 Å². The van der Waals surface area contributed by atoms with Gasteiger partial charge in [0.05, 0.1) is 23.0 Å². The van der Waals surface area contributed by atoms with Crippen LogP contribution in [0.5, 0.6) is 0 Å². The average Bonchev–Trinajstić information content (AvgIpc) is 3.16. The second-order valence-electron chi connectivity index (χ2n) is 11.3. The van der Waals surface area contributed by atoms with Gasteiger partial charge >= 0.3 is 5.97 Å². The fraction of sp³-hybridized carbons (Fsp3) is 0.429. The van der Waals surface area contributed by atoms with Gasteiger partial charge in [0.2, 0.25) is 5.91 Å². The molecule has 0 radical (unpaired) electrons. The molecule has 0 aliphatic carbocycles. The first kappa shape index (κ1) is 28.1. The monoisotopic (exact) mass is 554 g/mol. The van der Waals surface area contributed by atoms with Crippen LogP contribution >= 0.6 is 11.8 Å². The van der Waals surface area contributed by atoms with E-state index in [1.54, 1.807) is 17.0 Å². The van der Waals surface area contributed by atoms with Crippen LogP contribution in [0.15, 0.2) is 70.1 Å². The molecule has 1 fully saturated rings. The van der Waals surface area contributed by atoms with Crippen LogP contribution in [-0.2, 0) is 25.4 Å². The third kappa shape index (κ3) is 5.57. The molecule has 1 amide bonds. The summed E-state index contributed by atoms with van der Waals surface area (Å²) < 4.78 is 12.2. The molecule has 10 heteroatoms. The second-order valence-corrected chi connectivity index (χ2v) is 17.2. The molecule has 2 aromatic rings. The Hall–Kier alpha value is -2.95. The van der Waals surface area contributed by atoms with Gasteiger partial charge in [-0.15, -0.1) is 0 Å². The molecule has 1 saturated heterocycles. The molecule has 0 saturated carbocycles. The number of fused-ring (bicyclic) bond motifs is 1. The van der Waals surface area contributed by atoms with E-state index in [4.69, 9.17) is 9.16 Å². The number of hydrogen-bond donors (Lipinski definition) is 0. The Morgan fingerprint density at radius 2 is 1.79 bits per heavy atom. The van der Waals surface area contributed by atoms with Crippen LogP contribution in [0.25, 0.3) is 0 Å². The summed E-state index contributed by atoms with van der Waals surface area (Å²) in [7, 11) is -2.09. The molecule has 0 aromatic heterocycles. The Bertz CT molecular complexity index is 1260. The molecule has 2 aliphatic heterocycles. The minimum atomic E-state index is -2.09. The van der Waals surface area contributed by atoms with E-state index in [1.165, 1.54) is 23.9 Å². The summed E-state index contributed by atoms with van der Waals surface area (Å²) in [6.07, 6.45) is 0.298. The smallest absolute Gasteiger partial charge is 0.356 e. The van der Waals surface area contributed by atoms with Crippen molar-refractivity contribution in [1.29, 1.82) is 0 Å². The number of rotatable bonds is 9. The molecule has 4 rings (SSSR count). The van der Waals surface area contributed by atoms with E-state index >= 15 is 0 Å². The van der Waals surface area contributed by atoms with Gasteiger partial charge in [0.25, 0.3) is 5.69 Å². The van der Waals surface area contributed by atoms with Crippen LogP contribution in [0.2, 0.25) is 18.1 Å². The lowest BCUT2D eigenvalue weighted by atomic mass is 9.83. The largest absolute Gasteiger partial charge is 0.456 e. The van der Waals surface area contributed by atoms with Crippen LogP contribution in [0.4, 0.5) is 5.69 Å². The Morgan fingerprint density at radius 3 is 2.37 bits per heavy atom. The molecular formula is C28H34N2O6SSi. The number of nitro benzene ring substituents is 1. The van der Waals surface area contributed by atoms with Gasteiger partial charge in [-0.05, 0) is 54.9 Å². The summed E-state index contributed by atoms with van der Waals surface area (Å²) in [6.45, 7) is 12.8. The van der Waals surface area contributed by atoms with Crippen molar-refractivity contribution in [2.45, 2.75) is 75.9 Å². The summed E-state index contributed by atoms with van der Waals surface area (Å²) >= 11 is 1.47. The number of ether oxygens (including phenoxy) is 1. The number of hydrogen-bond acceptors (Lipinski definition) is 7. The van der Waals surface area contributed by atoms with Crippen molar-refractivity contribution in [3.8, 4) is 0 Å². The van der Waals surface area contributed by atoms with E-state index in [2.05, 4.69) is 33.9 Å². The van der Waals surface area contributed by atoms with Gasteiger partial charge in [-0.3, -0.25) is 14.9 Å². The second kappa shape index (κ2) is 10.7. The highest BCUT2D eigenvalue weighted by molar-refractivity contribution is 8.03. The van der Waals surface area contributed by atoms with Crippen molar-refractivity contribution in [1.82, 2.24) is 4.90 Å². The van der Waals surface area contributed by atoms with Gasteiger partial charge in [-0.1, -0.05) is 50.7 Å². The molecule has 0 unspecified atom stereocenters. The Labute approximate surface area is 228 Å². The average molecular weight is 555 g/mol. The number of benzene rings is 2. The lowest BCUT2D eigenvalue weighted by Gasteiger charge is -2.48. The molecule has 202 valence electrons. The number of nitro groups is 1. The van der Waals surface area contributed by atoms with Gasteiger partial charge < -0.3 is 14.1 Å². The maximum atomic E-state index is 13.5. The summed E-state index contributed by atoms with van der Waals surface area (Å²) in [5, 5.41) is 10.9. The first-order chi connectivity index (χ1) is 17.8. The standard InChI is InChI=1S/C28H34N2O6SSi/c1-18(36-38(5,6)28(2,3)4)24-22-16-23(37-21-10-8-7-9-11-21)25(29(22)26(24)31)27(32)35-17-19-12-14-20(15-13-19)30(33)34/h7-15,18,22,24H,16-17H2,1-6H3/t18-,22-,24-/m1/s1. The van der Waals surface area contributed by atoms with Crippen LogP contribution in [-0.4, -0.2) is 42.2 Å². The van der Waals surface area contributed by atoms with Gasteiger partial charge in [0, 0.05) is 28.4 Å². The number of non-ortho nitro benzene ring substituents is 1. The van der Waals surface area contributed by atoms with Gasteiger partial charge in [-0.25, -0.2) is 4.79 Å². The maximum absolute atomic E-state index is 13.5. The fourth-order valence-electron chi connectivity index (χ4n) is 4.57. The van der Waals surface area contributed by atoms with Crippen LogP contribution < -0.4 is 0 Å². The topological polar surface area (TPSA) is 99.0 Å². The van der Waals surface area contributed by atoms with Crippen molar-refractivity contribution >= 4 is 37.6 Å². The molecule has 0 spiro atoms.